The third-order valence-electron chi connectivity index (χ3n) is 7.52. The summed E-state index contributed by atoms with van der Waals surface area (Å²) in [6.07, 6.45) is 2.44. The monoisotopic (exact) mass is 550 g/mol. The van der Waals surface area contributed by atoms with E-state index in [1.54, 1.807) is 16.2 Å². The van der Waals surface area contributed by atoms with Gasteiger partial charge in [-0.3, -0.25) is 9.59 Å². The van der Waals surface area contributed by atoms with Gasteiger partial charge in [0.1, 0.15) is 24.7 Å². The first-order chi connectivity index (χ1) is 18.9. The second kappa shape index (κ2) is 12.3. The van der Waals surface area contributed by atoms with Crippen LogP contribution in [0, 0.1) is 5.82 Å². The zero-order valence-electron chi connectivity index (χ0n) is 22.5. The second-order valence-electron chi connectivity index (χ2n) is 10.5. The molecule has 2 aromatic carbocycles. The minimum atomic E-state index is -0.408. The van der Waals surface area contributed by atoms with Gasteiger partial charge in [0.15, 0.2) is 0 Å². The number of amides is 2. The van der Waals surface area contributed by atoms with Gasteiger partial charge < -0.3 is 19.3 Å². The zero-order valence-corrected chi connectivity index (χ0v) is 23.3. The van der Waals surface area contributed by atoms with Crippen LogP contribution in [0.15, 0.2) is 60.0 Å². The Kier molecular flexibility index (Phi) is 8.63. The normalized spacial score (nSPS) is 18.7. The van der Waals surface area contributed by atoms with E-state index >= 15 is 0 Å². The fourth-order valence-corrected chi connectivity index (χ4v) is 6.21. The highest BCUT2D eigenvalue weighted by Crippen LogP contribution is 2.34. The first-order valence-electron chi connectivity index (χ1n) is 13.6. The van der Waals surface area contributed by atoms with E-state index in [9.17, 15) is 14.0 Å². The van der Waals surface area contributed by atoms with Crippen LogP contribution in [0.5, 0.6) is 5.75 Å². The van der Waals surface area contributed by atoms with Crippen molar-refractivity contribution in [2.45, 2.75) is 51.2 Å². The van der Waals surface area contributed by atoms with E-state index in [1.165, 1.54) is 34.7 Å². The van der Waals surface area contributed by atoms with E-state index in [4.69, 9.17) is 9.47 Å². The predicted octanol–water partition coefficient (Wildman–Crippen LogP) is 5.84. The van der Waals surface area contributed by atoms with Crippen molar-refractivity contribution in [2.75, 3.05) is 32.8 Å². The molecule has 206 valence electrons. The van der Waals surface area contributed by atoms with Crippen LogP contribution in [0.1, 0.15) is 65.0 Å². The van der Waals surface area contributed by atoms with E-state index in [2.05, 4.69) is 37.4 Å². The summed E-state index contributed by atoms with van der Waals surface area (Å²) in [5, 5.41) is 2.06. The fourth-order valence-electron chi connectivity index (χ4n) is 5.28. The van der Waals surface area contributed by atoms with E-state index in [0.717, 1.165) is 30.6 Å². The van der Waals surface area contributed by atoms with Gasteiger partial charge in [-0.25, -0.2) is 4.39 Å². The lowest BCUT2D eigenvalue weighted by Gasteiger charge is -2.37. The largest absolute Gasteiger partial charge is 0.491 e. The zero-order chi connectivity index (χ0) is 27.4. The molecule has 2 aliphatic heterocycles. The molecule has 1 fully saturated rings. The number of fused-ring (bicyclic) bond motifs is 1. The molecule has 3 heterocycles. The van der Waals surface area contributed by atoms with Crippen molar-refractivity contribution in [3.8, 4) is 5.75 Å². The molecule has 6 nitrogen and oxygen atoms in total. The molecule has 0 unspecified atom stereocenters. The first kappa shape index (κ1) is 27.3. The third-order valence-corrected chi connectivity index (χ3v) is 8.52. The van der Waals surface area contributed by atoms with Gasteiger partial charge in [0.25, 0.3) is 5.91 Å². The predicted molar refractivity (Wildman–Crippen MR) is 150 cm³/mol. The summed E-state index contributed by atoms with van der Waals surface area (Å²) in [4.78, 5) is 31.9. The molecule has 2 amide bonds. The van der Waals surface area contributed by atoms with Crippen molar-refractivity contribution in [1.82, 2.24) is 9.80 Å². The molecule has 5 rings (SSSR count). The highest BCUT2D eigenvalue weighted by Gasteiger charge is 2.34. The summed E-state index contributed by atoms with van der Waals surface area (Å²) in [6, 6.07) is 15.4. The molecule has 2 aliphatic rings. The second-order valence-corrected chi connectivity index (χ2v) is 11.5. The van der Waals surface area contributed by atoms with Crippen LogP contribution in [0.2, 0.25) is 0 Å². The van der Waals surface area contributed by atoms with Crippen molar-refractivity contribution in [3.63, 3.8) is 0 Å². The van der Waals surface area contributed by atoms with E-state index < -0.39 is 5.82 Å². The van der Waals surface area contributed by atoms with Crippen LogP contribution >= 0.6 is 11.3 Å². The number of halogens is 1. The highest BCUT2D eigenvalue weighted by molar-refractivity contribution is 7.10. The SMILES string of the molecule is CC(C)c1ccc(OC[C@@H]2c3ccsc3CCN2C(=O)CN(C[C@H]2CCCO2)C(=O)c2ccc(F)cc2)cc1. The standard InChI is InChI=1S/C31H35FN2O4S/c1-21(2)22-7-11-25(12-8-22)38-20-28-27-14-17-39-29(27)13-15-34(28)30(35)19-33(18-26-4-3-16-37-26)31(36)23-5-9-24(32)10-6-23/h5-12,14,17,21,26,28H,3-4,13,15-16,18-20H2,1-2H3/t26-,28-/m1/s1. The van der Waals surface area contributed by atoms with Crippen molar-refractivity contribution >= 4 is 23.2 Å². The van der Waals surface area contributed by atoms with E-state index in [0.29, 0.717) is 37.8 Å². The summed E-state index contributed by atoms with van der Waals surface area (Å²) in [6.45, 7) is 6.10. The Morgan fingerprint density at radius 3 is 2.59 bits per heavy atom. The van der Waals surface area contributed by atoms with Crippen LogP contribution in [0.3, 0.4) is 0 Å². The first-order valence-corrected chi connectivity index (χ1v) is 14.5. The van der Waals surface area contributed by atoms with Crippen molar-refractivity contribution in [3.05, 3.63) is 87.4 Å². The summed E-state index contributed by atoms with van der Waals surface area (Å²) < 4.78 is 25.5. The Hall–Kier alpha value is -3.23. The summed E-state index contributed by atoms with van der Waals surface area (Å²) in [7, 11) is 0. The summed E-state index contributed by atoms with van der Waals surface area (Å²) >= 11 is 1.70. The third kappa shape index (κ3) is 6.50. The topological polar surface area (TPSA) is 59.1 Å². The van der Waals surface area contributed by atoms with Gasteiger partial charge in [-0.1, -0.05) is 26.0 Å². The van der Waals surface area contributed by atoms with Crippen molar-refractivity contribution < 1.29 is 23.5 Å². The fraction of sp³-hybridized carbons (Fsp3) is 0.419. The quantitative estimate of drug-likeness (QED) is 0.336. The molecule has 3 aromatic rings. The number of nitrogens with zero attached hydrogens (tertiary/aromatic N) is 2. The molecule has 39 heavy (non-hydrogen) atoms. The lowest BCUT2D eigenvalue weighted by molar-refractivity contribution is -0.135. The molecular formula is C31H35FN2O4S. The van der Waals surface area contributed by atoms with Gasteiger partial charge in [0, 0.05) is 30.1 Å². The number of rotatable bonds is 9. The number of carbonyl (C=O) groups excluding carboxylic acids is 2. The lowest BCUT2D eigenvalue weighted by Crippen LogP contribution is -2.49. The van der Waals surface area contributed by atoms with Crippen LogP contribution in [0.25, 0.3) is 0 Å². The lowest BCUT2D eigenvalue weighted by atomic mass is 10.00. The Bertz CT molecular complexity index is 1270. The molecule has 1 saturated heterocycles. The van der Waals surface area contributed by atoms with Crippen LogP contribution in [-0.2, 0) is 16.0 Å². The number of thiophene rings is 1. The smallest absolute Gasteiger partial charge is 0.254 e. The van der Waals surface area contributed by atoms with Crippen molar-refractivity contribution in [2.24, 2.45) is 0 Å². The Balaban J connectivity index is 1.33. The maximum Gasteiger partial charge on any atom is 0.254 e. The molecule has 0 spiro atoms. The molecule has 0 bridgehead atoms. The number of hydrogen-bond donors (Lipinski definition) is 0. The molecule has 0 aliphatic carbocycles. The number of carbonyl (C=O) groups is 2. The number of ether oxygens (including phenoxy) is 2. The van der Waals surface area contributed by atoms with Crippen LogP contribution in [-0.4, -0.2) is 60.6 Å². The average Bonchev–Trinajstić information content (AvgIpc) is 3.64. The molecule has 2 atom stereocenters. The molecule has 0 N–H and O–H groups in total. The Labute approximate surface area is 233 Å². The van der Waals surface area contributed by atoms with Gasteiger partial charge in [0.2, 0.25) is 5.91 Å². The molecule has 0 saturated carbocycles. The van der Waals surface area contributed by atoms with E-state index in [1.807, 2.05) is 17.0 Å². The summed E-state index contributed by atoms with van der Waals surface area (Å²) in [5.41, 5.74) is 2.70. The number of benzene rings is 2. The maximum absolute atomic E-state index is 13.8. The Morgan fingerprint density at radius 2 is 1.90 bits per heavy atom. The molecule has 8 heteroatoms. The van der Waals surface area contributed by atoms with Crippen LogP contribution < -0.4 is 4.74 Å². The van der Waals surface area contributed by atoms with E-state index in [-0.39, 0.29) is 30.5 Å². The number of hydrogen-bond acceptors (Lipinski definition) is 5. The maximum atomic E-state index is 13.8. The Morgan fingerprint density at radius 1 is 1.13 bits per heavy atom. The average molecular weight is 551 g/mol. The van der Waals surface area contributed by atoms with Gasteiger partial charge in [-0.05, 0) is 84.2 Å². The van der Waals surface area contributed by atoms with Crippen LogP contribution in [0.4, 0.5) is 4.39 Å². The minimum Gasteiger partial charge on any atom is -0.491 e. The molecule has 0 radical (unpaired) electrons. The highest BCUT2D eigenvalue weighted by atomic mass is 32.1. The van der Waals surface area contributed by atoms with Gasteiger partial charge in [0.05, 0.1) is 12.1 Å². The molecule has 1 aromatic heterocycles. The minimum absolute atomic E-state index is 0.0743. The van der Waals surface area contributed by atoms with Gasteiger partial charge >= 0.3 is 0 Å². The molecular weight excluding hydrogens is 515 g/mol. The summed E-state index contributed by atoms with van der Waals surface area (Å²) in [5.74, 6) is 0.360. The van der Waals surface area contributed by atoms with Crippen molar-refractivity contribution in [1.29, 1.82) is 0 Å². The van der Waals surface area contributed by atoms with Gasteiger partial charge in [-0.15, -0.1) is 11.3 Å². The van der Waals surface area contributed by atoms with Gasteiger partial charge in [-0.2, -0.15) is 0 Å².